The average Bonchev–Trinajstić information content (AvgIpc) is 2.82. The van der Waals surface area contributed by atoms with Crippen molar-refractivity contribution in [2.45, 2.75) is 19.1 Å². The maximum atomic E-state index is 13.2. The Balaban J connectivity index is 1.49. The van der Waals surface area contributed by atoms with Gasteiger partial charge in [-0.05, 0) is 30.3 Å². The second-order valence-electron chi connectivity index (χ2n) is 7.33. The Morgan fingerprint density at radius 3 is 2.67 bits per heavy atom. The van der Waals surface area contributed by atoms with Crippen LogP contribution in [0, 0.1) is 11.3 Å². The van der Waals surface area contributed by atoms with E-state index in [1.807, 2.05) is 6.07 Å². The molecule has 2 amide bonds. The van der Waals surface area contributed by atoms with Gasteiger partial charge in [0.25, 0.3) is 11.8 Å². The normalized spacial score (nSPS) is 13.1. The molecule has 0 radical (unpaired) electrons. The third kappa shape index (κ3) is 4.67. The number of hydrogen-bond donors (Lipinski definition) is 1. The summed E-state index contributed by atoms with van der Waals surface area (Å²) in [6.07, 6.45) is -2.85. The Bertz CT molecular complexity index is 1280. The maximum absolute atomic E-state index is 13.2. The molecular formula is C23H16F3N5O2. The van der Waals surface area contributed by atoms with Gasteiger partial charge in [0.15, 0.2) is 0 Å². The van der Waals surface area contributed by atoms with Crippen molar-refractivity contribution in [3.63, 3.8) is 0 Å². The molecule has 0 atom stereocenters. The van der Waals surface area contributed by atoms with Crippen molar-refractivity contribution in [2.75, 3.05) is 11.9 Å². The number of anilines is 1. The first-order valence-corrected chi connectivity index (χ1v) is 9.88. The van der Waals surface area contributed by atoms with Crippen LogP contribution in [0.25, 0.3) is 0 Å². The van der Waals surface area contributed by atoms with Crippen LogP contribution in [0.1, 0.15) is 43.1 Å². The first-order chi connectivity index (χ1) is 15.8. The van der Waals surface area contributed by atoms with Gasteiger partial charge >= 0.3 is 6.18 Å². The standard InChI is InChI=1S/C23H16F3N5O2/c24-23(25,26)18-7-2-1-6-17(18)20(32)30-22-28-12-16-13-31(9-8-19(16)29-22)21(33)15-5-3-4-14(10-15)11-27/h1-7,10,12H,8-9,13H2,(H,28,29,30,32). The monoisotopic (exact) mass is 451 g/mol. The lowest BCUT2D eigenvalue weighted by molar-refractivity contribution is -0.137. The quantitative estimate of drug-likeness (QED) is 0.653. The van der Waals surface area contributed by atoms with Gasteiger partial charge in [0, 0.05) is 36.8 Å². The fourth-order valence-corrected chi connectivity index (χ4v) is 3.55. The van der Waals surface area contributed by atoms with Gasteiger partial charge in [-0.1, -0.05) is 18.2 Å². The summed E-state index contributed by atoms with van der Waals surface area (Å²) >= 11 is 0. The number of nitrogens with one attached hydrogen (secondary N) is 1. The lowest BCUT2D eigenvalue weighted by Gasteiger charge is -2.28. The average molecular weight is 451 g/mol. The predicted molar refractivity (Wildman–Crippen MR) is 111 cm³/mol. The Kier molecular flexibility index (Phi) is 5.79. The molecule has 33 heavy (non-hydrogen) atoms. The Morgan fingerprint density at radius 2 is 1.91 bits per heavy atom. The van der Waals surface area contributed by atoms with Gasteiger partial charge < -0.3 is 4.90 Å². The third-order valence-corrected chi connectivity index (χ3v) is 5.16. The van der Waals surface area contributed by atoms with Crippen LogP contribution in [0.2, 0.25) is 0 Å². The van der Waals surface area contributed by atoms with Crippen LogP contribution in [0.3, 0.4) is 0 Å². The van der Waals surface area contributed by atoms with Gasteiger partial charge in [-0.3, -0.25) is 14.9 Å². The summed E-state index contributed by atoms with van der Waals surface area (Å²) in [5.74, 6) is -1.32. The van der Waals surface area contributed by atoms with Crippen molar-refractivity contribution in [1.82, 2.24) is 14.9 Å². The highest BCUT2D eigenvalue weighted by atomic mass is 19.4. The van der Waals surface area contributed by atoms with E-state index in [2.05, 4.69) is 15.3 Å². The first-order valence-electron chi connectivity index (χ1n) is 9.88. The SMILES string of the molecule is N#Cc1cccc(C(=O)N2CCc3nc(NC(=O)c4ccccc4C(F)(F)F)ncc3C2)c1. The number of alkyl halides is 3. The second kappa shape index (κ2) is 8.70. The molecule has 0 saturated heterocycles. The van der Waals surface area contributed by atoms with Crippen LogP contribution in [0.4, 0.5) is 19.1 Å². The molecule has 0 spiro atoms. The summed E-state index contributed by atoms with van der Waals surface area (Å²) in [4.78, 5) is 35.1. The summed E-state index contributed by atoms with van der Waals surface area (Å²) in [7, 11) is 0. The molecule has 7 nitrogen and oxygen atoms in total. The molecule has 1 N–H and O–H groups in total. The van der Waals surface area contributed by atoms with E-state index in [9.17, 15) is 22.8 Å². The molecule has 3 aromatic rings. The van der Waals surface area contributed by atoms with Gasteiger partial charge in [0.1, 0.15) is 0 Å². The molecule has 1 aliphatic rings. The number of rotatable bonds is 3. The molecule has 166 valence electrons. The zero-order chi connectivity index (χ0) is 23.6. The molecule has 2 aromatic carbocycles. The van der Waals surface area contributed by atoms with Crippen LogP contribution < -0.4 is 5.32 Å². The fraction of sp³-hybridized carbons (Fsp3) is 0.174. The van der Waals surface area contributed by atoms with E-state index in [4.69, 9.17) is 5.26 Å². The van der Waals surface area contributed by atoms with Crippen molar-refractivity contribution < 1.29 is 22.8 Å². The first kappa shape index (κ1) is 22.0. The third-order valence-electron chi connectivity index (χ3n) is 5.16. The van der Waals surface area contributed by atoms with Gasteiger partial charge in [-0.2, -0.15) is 18.4 Å². The molecule has 10 heteroatoms. The minimum atomic E-state index is -4.67. The number of carbonyl (C=O) groups is 2. The second-order valence-corrected chi connectivity index (χ2v) is 7.33. The summed E-state index contributed by atoms with van der Waals surface area (Å²) in [6.45, 7) is 0.583. The zero-order valence-electron chi connectivity index (χ0n) is 17.1. The largest absolute Gasteiger partial charge is 0.417 e. The molecule has 4 rings (SSSR count). The Morgan fingerprint density at radius 1 is 1.12 bits per heavy atom. The fourth-order valence-electron chi connectivity index (χ4n) is 3.55. The number of halogens is 3. The number of nitriles is 1. The number of nitrogens with zero attached hydrogens (tertiary/aromatic N) is 4. The number of carbonyl (C=O) groups excluding carboxylic acids is 2. The molecule has 0 bridgehead atoms. The van der Waals surface area contributed by atoms with Crippen molar-refractivity contribution in [2.24, 2.45) is 0 Å². The number of fused-ring (bicyclic) bond motifs is 1. The van der Waals surface area contributed by atoms with E-state index >= 15 is 0 Å². The minimum Gasteiger partial charge on any atom is -0.334 e. The van der Waals surface area contributed by atoms with E-state index in [1.165, 1.54) is 24.4 Å². The minimum absolute atomic E-state index is 0.114. The highest BCUT2D eigenvalue weighted by molar-refractivity contribution is 6.04. The molecule has 0 fully saturated rings. The van der Waals surface area contributed by atoms with E-state index in [1.54, 1.807) is 23.1 Å². The predicted octanol–water partition coefficient (Wildman–Crippen LogP) is 3.82. The van der Waals surface area contributed by atoms with Crippen LogP contribution >= 0.6 is 0 Å². The van der Waals surface area contributed by atoms with E-state index in [-0.39, 0.29) is 18.4 Å². The lowest BCUT2D eigenvalue weighted by Crippen LogP contribution is -2.36. The van der Waals surface area contributed by atoms with Crippen molar-refractivity contribution in [3.8, 4) is 6.07 Å². The van der Waals surface area contributed by atoms with Crippen LogP contribution in [0.5, 0.6) is 0 Å². The molecule has 1 aromatic heterocycles. The van der Waals surface area contributed by atoms with E-state index in [0.717, 1.165) is 12.1 Å². The van der Waals surface area contributed by atoms with Crippen LogP contribution in [0.15, 0.2) is 54.7 Å². The summed E-state index contributed by atoms with van der Waals surface area (Å²) in [5.41, 5.74) is 0.469. The van der Waals surface area contributed by atoms with Gasteiger partial charge in [-0.15, -0.1) is 0 Å². The lowest BCUT2D eigenvalue weighted by atomic mass is 10.0. The summed E-state index contributed by atoms with van der Waals surface area (Å²) in [6, 6.07) is 12.9. The highest BCUT2D eigenvalue weighted by Crippen LogP contribution is 2.32. The van der Waals surface area contributed by atoms with Crippen molar-refractivity contribution >= 4 is 17.8 Å². The van der Waals surface area contributed by atoms with E-state index in [0.29, 0.717) is 35.3 Å². The smallest absolute Gasteiger partial charge is 0.334 e. The number of amides is 2. The summed E-state index contributed by atoms with van der Waals surface area (Å²) in [5, 5.41) is 11.3. The maximum Gasteiger partial charge on any atom is 0.417 e. The summed E-state index contributed by atoms with van der Waals surface area (Å²) < 4.78 is 39.5. The molecular weight excluding hydrogens is 435 g/mol. The topological polar surface area (TPSA) is 99.0 Å². The number of hydrogen-bond acceptors (Lipinski definition) is 5. The van der Waals surface area contributed by atoms with Gasteiger partial charge in [-0.25, -0.2) is 9.97 Å². The van der Waals surface area contributed by atoms with Crippen LogP contribution in [-0.4, -0.2) is 33.2 Å². The molecule has 0 unspecified atom stereocenters. The molecule has 2 heterocycles. The zero-order valence-corrected chi connectivity index (χ0v) is 17.1. The molecule has 0 saturated carbocycles. The molecule has 0 aliphatic carbocycles. The van der Waals surface area contributed by atoms with Crippen LogP contribution in [-0.2, 0) is 19.1 Å². The van der Waals surface area contributed by atoms with E-state index < -0.39 is 23.2 Å². The van der Waals surface area contributed by atoms with Crippen molar-refractivity contribution in [1.29, 1.82) is 5.26 Å². The Labute approximate surface area is 186 Å². The molecule has 1 aliphatic heterocycles. The van der Waals surface area contributed by atoms with Gasteiger partial charge in [0.05, 0.1) is 28.5 Å². The highest BCUT2D eigenvalue weighted by Gasteiger charge is 2.35. The Hall–Kier alpha value is -4.26. The number of aromatic nitrogens is 2. The van der Waals surface area contributed by atoms with Crippen molar-refractivity contribution in [3.05, 3.63) is 88.2 Å². The number of benzene rings is 2. The van der Waals surface area contributed by atoms with Gasteiger partial charge in [0.2, 0.25) is 5.95 Å².